The van der Waals surface area contributed by atoms with Gasteiger partial charge in [-0.05, 0) is 64.9 Å². The molecule has 0 radical (unpaired) electrons. The molecule has 0 aliphatic carbocycles. The Labute approximate surface area is 129 Å². The zero-order valence-electron chi connectivity index (χ0n) is 12.0. The van der Waals surface area contributed by atoms with Gasteiger partial charge in [0.25, 0.3) is 0 Å². The summed E-state index contributed by atoms with van der Waals surface area (Å²) in [5.74, 6) is 0. The van der Waals surface area contributed by atoms with Crippen LogP contribution < -0.4 is 5.32 Å². The van der Waals surface area contributed by atoms with Crippen molar-refractivity contribution in [2.75, 3.05) is 6.54 Å². The Morgan fingerprint density at radius 2 is 1.82 bits per heavy atom. The maximum atomic E-state index is 4.49. The van der Waals surface area contributed by atoms with Crippen molar-refractivity contribution in [3.05, 3.63) is 78.9 Å². The molecular weight excluding hydrogens is 270 g/mol. The summed E-state index contributed by atoms with van der Waals surface area (Å²) in [6.45, 7) is 0.869. The van der Waals surface area contributed by atoms with Crippen molar-refractivity contribution in [3.63, 3.8) is 0 Å². The van der Waals surface area contributed by atoms with E-state index < -0.39 is 0 Å². The number of benzene rings is 1. The number of fused-ring (bicyclic) bond motifs is 1. The molecule has 0 amide bonds. The number of aromatic nitrogens is 2. The Morgan fingerprint density at radius 3 is 2.64 bits per heavy atom. The van der Waals surface area contributed by atoms with Crippen LogP contribution in [0.4, 0.5) is 0 Å². The summed E-state index contributed by atoms with van der Waals surface area (Å²) in [4.78, 5) is 8.59. The molecule has 1 aromatic carbocycles. The normalized spacial score (nSPS) is 13.7. The highest BCUT2D eigenvalue weighted by molar-refractivity contribution is 5.96. The molecule has 4 rings (SSSR count). The van der Waals surface area contributed by atoms with E-state index in [-0.39, 0.29) is 0 Å². The van der Waals surface area contributed by atoms with E-state index in [1.165, 1.54) is 22.1 Å². The van der Waals surface area contributed by atoms with Gasteiger partial charge in [0.05, 0.1) is 5.52 Å². The van der Waals surface area contributed by atoms with Crippen LogP contribution in [0.2, 0.25) is 0 Å². The summed E-state index contributed by atoms with van der Waals surface area (Å²) >= 11 is 0. The Kier molecular flexibility index (Phi) is 3.16. The fraction of sp³-hybridized carbons (Fsp3) is 0.0526. The summed E-state index contributed by atoms with van der Waals surface area (Å²) in [6, 6.07) is 12.6. The topological polar surface area (TPSA) is 37.8 Å². The number of rotatable bonds is 2. The van der Waals surface area contributed by atoms with Crippen LogP contribution in [0.25, 0.3) is 27.6 Å². The average molecular weight is 285 g/mol. The van der Waals surface area contributed by atoms with Crippen molar-refractivity contribution in [2.24, 2.45) is 0 Å². The fourth-order valence-electron chi connectivity index (χ4n) is 2.78. The van der Waals surface area contributed by atoms with Gasteiger partial charge < -0.3 is 5.32 Å². The van der Waals surface area contributed by atoms with E-state index in [4.69, 9.17) is 0 Å². The summed E-state index contributed by atoms with van der Waals surface area (Å²) < 4.78 is 0. The second-order valence-electron chi connectivity index (χ2n) is 5.23. The molecule has 0 fully saturated rings. The minimum Gasteiger partial charge on any atom is -0.387 e. The molecule has 22 heavy (non-hydrogen) atoms. The van der Waals surface area contributed by atoms with Crippen LogP contribution in [0.5, 0.6) is 0 Å². The molecule has 0 spiro atoms. The van der Waals surface area contributed by atoms with Crippen molar-refractivity contribution in [1.29, 1.82) is 0 Å². The molecule has 2 aromatic heterocycles. The third-order valence-electron chi connectivity index (χ3n) is 3.89. The van der Waals surface area contributed by atoms with Crippen molar-refractivity contribution in [3.8, 4) is 11.1 Å². The van der Waals surface area contributed by atoms with Crippen molar-refractivity contribution in [2.45, 2.75) is 0 Å². The predicted molar refractivity (Wildman–Crippen MR) is 90.1 cm³/mol. The largest absolute Gasteiger partial charge is 0.387 e. The minimum absolute atomic E-state index is 0.869. The van der Waals surface area contributed by atoms with Crippen LogP contribution in [0.15, 0.2) is 73.3 Å². The number of hydrogen-bond donors (Lipinski definition) is 1. The Morgan fingerprint density at radius 1 is 0.909 bits per heavy atom. The second-order valence-corrected chi connectivity index (χ2v) is 5.23. The first kappa shape index (κ1) is 12.8. The molecule has 0 saturated heterocycles. The lowest BCUT2D eigenvalue weighted by molar-refractivity contribution is 0.976. The van der Waals surface area contributed by atoms with Crippen LogP contribution in [0.3, 0.4) is 0 Å². The lowest BCUT2D eigenvalue weighted by Gasteiger charge is -2.11. The van der Waals surface area contributed by atoms with Gasteiger partial charge in [-0.1, -0.05) is 12.1 Å². The number of dihydropyridines is 1. The Hall–Kier alpha value is -2.94. The number of nitrogens with one attached hydrogen (secondary N) is 1. The summed E-state index contributed by atoms with van der Waals surface area (Å²) in [6.07, 6.45) is 11.8. The molecule has 1 aliphatic heterocycles. The average Bonchev–Trinajstić information content (AvgIpc) is 2.62. The highest BCUT2D eigenvalue weighted by atomic mass is 14.8. The smallest absolute Gasteiger partial charge is 0.0708 e. The fourth-order valence-corrected chi connectivity index (χ4v) is 2.78. The minimum atomic E-state index is 0.869. The second kappa shape index (κ2) is 5.45. The first-order valence-electron chi connectivity index (χ1n) is 7.31. The van der Waals surface area contributed by atoms with Crippen LogP contribution in [-0.2, 0) is 0 Å². The zero-order chi connectivity index (χ0) is 14.8. The van der Waals surface area contributed by atoms with E-state index in [9.17, 15) is 0 Å². The van der Waals surface area contributed by atoms with Gasteiger partial charge in [0, 0.05) is 30.5 Å². The highest BCUT2D eigenvalue weighted by Gasteiger charge is 2.07. The number of pyridine rings is 2. The molecule has 0 saturated carbocycles. The van der Waals surface area contributed by atoms with Crippen molar-refractivity contribution < 1.29 is 0 Å². The zero-order valence-corrected chi connectivity index (χ0v) is 12.0. The predicted octanol–water partition coefficient (Wildman–Crippen LogP) is 3.80. The van der Waals surface area contributed by atoms with Crippen molar-refractivity contribution >= 4 is 16.5 Å². The van der Waals surface area contributed by atoms with Crippen LogP contribution in [-0.4, -0.2) is 16.5 Å². The first-order chi connectivity index (χ1) is 10.9. The molecule has 3 heterocycles. The SMILES string of the molecule is C1=CC(c2ccc3nccc(-c4ccncc4)c3c2)=CCN1. The quantitative estimate of drug-likeness (QED) is 0.778. The maximum absolute atomic E-state index is 4.49. The van der Waals surface area contributed by atoms with Crippen LogP contribution >= 0.6 is 0 Å². The van der Waals surface area contributed by atoms with E-state index >= 15 is 0 Å². The molecule has 3 aromatic rings. The molecule has 0 atom stereocenters. The van der Waals surface area contributed by atoms with E-state index in [1.807, 2.05) is 36.9 Å². The lowest BCUT2D eigenvalue weighted by atomic mass is 9.97. The van der Waals surface area contributed by atoms with Crippen LogP contribution in [0.1, 0.15) is 5.56 Å². The van der Waals surface area contributed by atoms with E-state index in [2.05, 4.69) is 51.7 Å². The third-order valence-corrected chi connectivity index (χ3v) is 3.89. The van der Waals surface area contributed by atoms with Gasteiger partial charge >= 0.3 is 0 Å². The molecule has 1 N–H and O–H groups in total. The summed E-state index contributed by atoms with van der Waals surface area (Å²) in [5, 5.41) is 4.35. The molecule has 3 heteroatoms. The molecule has 106 valence electrons. The van der Waals surface area contributed by atoms with Gasteiger partial charge in [0.15, 0.2) is 0 Å². The highest BCUT2D eigenvalue weighted by Crippen LogP contribution is 2.30. The monoisotopic (exact) mass is 285 g/mol. The van der Waals surface area contributed by atoms with Gasteiger partial charge in [0.1, 0.15) is 0 Å². The number of nitrogens with zero attached hydrogens (tertiary/aromatic N) is 2. The van der Waals surface area contributed by atoms with Gasteiger partial charge in [-0.25, -0.2) is 0 Å². The summed E-state index contributed by atoms with van der Waals surface area (Å²) in [7, 11) is 0. The van der Waals surface area contributed by atoms with Crippen LogP contribution in [0, 0.1) is 0 Å². The van der Waals surface area contributed by atoms with Crippen molar-refractivity contribution in [1.82, 2.24) is 15.3 Å². The van der Waals surface area contributed by atoms with Gasteiger partial charge in [-0.15, -0.1) is 0 Å². The van der Waals surface area contributed by atoms with Gasteiger partial charge in [-0.2, -0.15) is 0 Å². The molecule has 0 unspecified atom stereocenters. The third kappa shape index (κ3) is 2.27. The number of allylic oxidation sites excluding steroid dienone is 2. The molecular formula is C19H15N3. The molecule has 0 bridgehead atoms. The Balaban J connectivity index is 1.91. The first-order valence-corrected chi connectivity index (χ1v) is 7.31. The van der Waals surface area contributed by atoms with E-state index in [0.29, 0.717) is 0 Å². The van der Waals surface area contributed by atoms with Gasteiger partial charge in [-0.3, -0.25) is 9.97 Å². The van der Waals surface area contributed by atoms with Gasteiger partial charge in [0.2, 0.25) is 0 Å². The molecule has 3 nitrogen and oxygen atoms in total. The number of hydrogen-bond acceptors (Lipinski definition) is 3. The maximum Gasteiger partial charge on any atom is 0.0708 e. The molecule has 1 aliphatic rings. The van der Waals surface area contributed by atoms with E-state index in [0.717, 1.165) is 17.6 Å². The standard InChI is InChI=1S/C19H15N3/c1-2-19-18(13-16(1)14-3-8-20-9-4-14)17(7-12-22-19)15-5-10-21-11-6-15/h1-8,10-13,20H,9H2. The Bertz CT molecular complexity index is 880. The lowest BCUT2D eigenvalue weighted by Crippen LogP contribution is -2.08. The summed E-state index contributed by atoms with van der Waals surface area (Å²) in [5.41, 5.74) is 5.82. The van der Waals surface area contributed by atoms with E-state index in [1.54, 1.807) is 0 Å².